The lowest BCUT2D eigenvalue weighted by Crippen LogP contribution is -2.15. The number of nitrogens with zero attached hydrogens (tertiary/aromatic N) is 1. The first-order chi connectivity index (χ1) is 13.2. The summed E-state index contributed by atoms with van der Waals surface area (Å²) in [6, 6.07) is 10.1. The largest absolute Gasteiger partial charge is 0.418 e. The zero-order valence-corrected chi connectivity index (χ0v) is 14.0. The van der Waals surface area contributed by atoms with Crippen LogP contribution >= 0.6 is 0 Å². The van der Waals surface area contributed by atoms with Crippen LogP contribution < -0.4 is 10.6 Å². The average molecular weight is 393 g/mol. The van der Waals surface area contributed by atoms with Gasteiger partial charge >= 0.3 is 6.18 Å². The number of alkyl halides is 3. The molecule has 0 bridgehead atoms. The Bertz CT molecular complexity index is 1020. The van der Waals surface area contributed by atoms with Crippen molar-refractivity contribution in [3.8, 4) is 0 Å². The van der Waals surface area contributed by atoms with Gasteiger partial charge in [0, 0.05) is 18.0 Å². The van der Waals surface area contributed by atoms with Crippen molar-refractivity contribution < 1.29 is 26.7 Å². The summed E-state index contributed by atoms with van der Waals surface area (Å²) in [4.78, 5) is 16.1. The van der Waals surface area contributed by atoms with E-state index in [0.29, 0.717) is 6.07 Å². The van der Waals surface area contributed by atoms with Crippen LogP contribution in [0.15, 0.2) is 60.8 Å². The molecule has 28 heavy (non-hydrogen) atoms. The highest BCUT2D eigenvalue weighted by molar-refractivity contribution is 6.03. The SMILES string of the molecule is O=C(Nc1ccc(F)cc1F)c1cc(Nc2ccccc2C(F)(F)F)ccn1. The van der Waals surface area contributed by atoms with E-state index in [2.05, 4.69) is 15.6 Å². The third-order valence-electron chi connectivity index (χ3n) is 3.68. The van der Waals surface area contributed by atoms with Gasteiger partial charge in [-0.1, -0.05) is 12.1 Å². The molecular formula is C19H12F5N3O. The lowest BCUT2D eigenvalue weighted by molar-refractivity contribution is -0.136. The summed E-state index contributed by atoms with van der Waals surface area (Å²) in [7, 11) is 0. The molecule has 0 radical (unpaired) electrons. The van der Waals surface area contributed by atoms with Crippen LogP contribution in [0.25, 0.3) is 0 Å². The number of anilines is 3. The molecule has 0 aliphatic carbocycles. The number of nitrogens with one attached hydrogen (secondary N) is 2. The lowest BCUT2D eigenvalue weighted by Gasteiger charge is -2.14. The topological polar surface area (TPSA) is 54.0 Å². The molecule has 3 rings (SSSR count). The van der Waals surface area contributed by atoms with E-state index in [0.717, 1.165) is 18.2 Å². The molecule has 9 heteroatoms. The molecule has 0 spiro atoms. The van der Waals surface area contributed by atoms with Crippen LogP contribution in [-0.2, 0) is 6.18 Å². The number of carbonyl (C=O) groups is 1. The second kappa shape index (κ2) is 7.63. The van der Waals surface area contributed by atoms with Crippen LogP contribution in [0.1, 0.15) is 16.1 Å². The Morgan fingerprint density at radius 3 is 2.39 bits per heavy atom. The van der Waals surface area contributed by atoms with Crippen molar-refractivity contribution >= 4 is 23.0 Å². The van der Waals surface area contributed by atoms with Gasteiger partial charge in [-0.05, 0) is 36.4 Å². The maximum absolute atomic E-state index is 13.7. The van der Waals surface area contributed by atoms with Gasteiger partial charge in [-0.3, -0.25) is 9.78 Å². The van der Waals surface area contributed by atoms with Crippen LogP contribution in [0.3, 0.4) is 0 Å². The molecule has 3 aromatic rings. The quantitative estimate of drug-likeness (QED) is 0.586. The normalized spacial score (nSPS) is 11.2. The molecule has 0 aliphatic rings. The van der Waals surface area contributed by atoms with Crippen LogP contribution in [0, 0.1) is 11.6 Å². The van der Waals surface area contributed by atoms with Gasteiger partial charge in [0.15, 0.2) is 0 Å². The Kier molecular flexibility index (Phi) is 5.25. The summed E-state index contributed by atoms with van der Waals surface area (Å²) in [5.74, 6) is -2.58. The number of aromatic nitrogens is 1. The molecule has 0 unspecified atom stereocenters. The Balaban J connectivity index is 1.82. The summed E-state index contributed by atoms with van der Waals surface area (Å²) < 4.78 is 65.9. The summed E-state index contributed by atoms with van der Waals surface area (Å²) in [5.41, 5.74) is -1.31. The van der Waals surface area contributed by atoms with Gasteiger partial charge in [0.2, 0.25) is 0 Å². The molecule has 0 atom stereocenters. The Morgan fingerprint density at radius 1 is 0.929 bits per heavy atom. The minimum absolute atomic E-state index is 0.168. The number of para-hydroxylation sites is 1. The molecule has 1 aromatic heterocycles. The van der Waals surface area contributed by atoms with Crippen molar-refractivity contribution in [3.05, 3.63) is 83.7 Å². The minimum atomic E-state index is -4.56. The number of benzene rings is 2. The highest BCUT2D eigenvalue weighted by atomic mass is 19.4. The van der Waals surface area contributed by atoms with E-state index in [1.54, 1.807) is 0 Å². The van der Waals surface area contributed by atoms with E-state index in [1.807, 2.05) is 0 Å². The number of hydrogen-bond acceptors (Lipinski definition) is 3. The van der Waals surface area contributed by atoms with Crippen molar-refractivity contribution in [2.75, 3.05) is 10.6 Å². The van der Waals surface area contributed by atoms with Crippen molar-refractivity contribution in [3.63, 3.8) is 0 Å². The molecule has 0 saturated carbocycles. The van der Waals surface area contributed by atoms with E-state index in [4.69, 9.17) is 0 Å². The maximum atomic E-state index is 13.7. The minimum Gasteiger partial charge on any atom is -0.355 e. The first kappa shape index (κ1) is 19.3. The van der Waals surface area contributed by atoms with Gasteiger partial charge in [-0.25, -0.2) is 8.78 Å². The molecular weight excluding hydrogens is 381 g/mol. The fourth-order valence-electron chi connectivity index (χ4n) is 2.40. The van der Waals surface area contributed by atoms with E-state index >= 15 is 0 Å². The Hall–Kier alpha value is -3.49. The van der Waals surface area contributed by atoms with Gasteiger partial charge in [0.1, 0.15) is 17.3 Å². The molecule has 0 saturated heterocycles. The molecule has 1 amide bonds. The van der Waals surface area contributed by atoms with Gasteiger partial charge in [-0.15, -0.1) is 0 Å². The summed E-state index contributed by atoms with van der Waals surface area (Å²) in [6.07, 6.45) is -3.34. The number of pyridine rings is 1. The number of carbonyl (C=O) groups excluding carboxylic acids is 1. The average Bonchev–Trinajstić information content (AvgIpc) is 2.64. The van der Waals surface area contributed by atoms with Crippen molar-refractivity contribution in [2.24, 2.45) is 0 Å². The highest BCUT2D eigenvalue weighted by Crippen LogP contribution is 2.35. The standard InChI is InChI=1S/C19H12F5N3O/c20-11-5-6-16(14(21)9-11)27-18(28)17-10-12(7-8-25-17)26-15-4-2-1-3-13(15)19(22,23)24/h1-10H,(H,25,26)(H,27,28). The third-order valence-corrected chi connectivity index (χ3v) is 3.68. The Labute approximate surface area is 156 Å². The van der Waals surface area contributed by atoms with Gasteiger partial charge < -0.3 is 10.6 Å². The fourth-order valence-corrected chi connectivity index (χ4v) is 2.40. The van der Waals surface area contributed by atoms with E-state index < -0.39 is 29.3 Å². The maximum Gasteiger partial charge on any atom is 0.418 e. The van der Waals surface area contributed by atoms with Gasteiger partial charge in [0.05, 0.1) is 16.9 Å². The molecule has 144 valence electrons. The summed E-state index contributed by atoms with van der Waals surface area (Å²) >= 11 is 0. The van der Waals surface area contributed by atoms with Crippen molar-refractivity contribution in [1.29, 1.82) is 0 Å². The Morgan fingerprint density at radius 2 is 1.68 bits per heavy atom. The third kappa shape index (κ3) is 4.43. The van der Waals surface area contributed by atoms with Gasteiger partial charge in [-0.2, -0.15) is 13.2 Å². The van der Waals surface area contributed by atoms with Crippen molar-refractivity contribution in [2.45, 2.75) is 6.18 Å². The van der Waals surface area contributed by atoms with Gasteiger partial charge in [0.25, 0.3) is 5.91 Å². The lowest BCUT2D eigenvalue weighted by atomic mass is 10.1. The fraction of sp³-hybridized carbons (Fsp3) is 0.0526. The molecule has 0 fully saturated rings. The number of hydrogen-bond donors (Lipinski definition) is 2. The zero-order valence-electron chi connectivity index (χ0n) is 14.0. The molecule has 0 aliphatic heterocycles. The predicted molar refractivity (Wildman–Crippen MR) is 93.3 cm³/mol. The first-order valence-corrected chi connectivity index (χ1v) is 7.90. The van der Waals surface area contributed by atoms with Crippen LogP contribution in [0.5, 0.6) is 0 Å². The molecule has 1 heterocycles. The van der Waals surface area contributed by atoms with E-state index in [-0.39, 0.29) is 22.8 Å². The van der Waals surface area contributed by atoms with Crippen LogP contribution in [0.2, 0.25) is 0 Å². The molecule has 2 aromatic carbocycles. The molecule has 4 nitrogen and oxygen atoms in total. The highest BCUT2D eigenvalue weighted by Gasteiger charge is 2.33. The number of amides is 1. The molecule has 2 N–H and O–H groups in total. The smallest absolute Gasteiger partial charge is 0.355 e. The monoisotopic (exact) mass is 393 g/mol. The van der Waals surface area contributed by atoms with Crippen molar-refractivity contribution in [1.82, 2.24) is 4.98 Å². The number of rotatable bonds is 4. The second-order valence-electron chi connectivity index (χ2n) is 5.68. The van der Waals surface area contributed by atoms with E-state index in [1.165, 1.54) is 36.5 Å². The van der Waals surface area contributed by atoms with Crippen LogP contribution in [0.4, 0.5) is 39.0 Å². The summed E-state index contributed by atoms with van der Waals surface area (Å²) in [5, 5.41) is 4.82. The number of halogens is 5. The second-order valence-corrected chi connectivity index (χ2v) is 5.68. The predicted octanol–water partition coefficient (Wildman–Crippen LogP) is 5.37. The summed E-state index contributed by atoms with van der Waals surface area (Å²) in [6.45, 7) is 0. The van der Waals surface area contributed by atoms with E-state index in [9.17, 15) is 26.7 Å². The first-order valence-electron chi connectivity index (χ1n) is 7.90. The van der Waals surface area contributed by atoms with Crippen LogP contribution in [-0.4, -0.2) is 10.9 Å². The zero-order chi connectivity index (χ0) is 20.3.